The summed E-state index contributed by atoms with van der Waals surface area (Å²) in [4.78, 5) is 34.9. The quantitative estimate of drug-likeness (QED) is 0.365. The second-order valence-corrected chi connectivity index (χ2v) is 9.47. The van der Waals surface area contributed by atoms with Crippen LogP contribution in [-0.2, 0) is 20.6 Å². The number of hydrogen-bond acceptors (Lipinski definition) is 7. The number of anilines is 1. The first-order valence-corrected chi connectivity index (χ1v) is 11.8. The van der Waals surface area contributed by atoms with Crippen LogP contribution in [0, 0.1) is 11.8 Å². The van der Waals surface area contributed by atoms with Gasteiger partial charge in [0.2, 0.25) is 10.1 Å². The number of carbonyl (C=O) groups excluding carboxylic acids is 2. The van der Waals surface area contributed by atoms with E-state index in [1.54, 1.807) is 6.08 Å². The largest absolute Gasteiger partial charge is 0.490 e. The first-order chi connectivity index (χ1) is 16.5. The van der Waals surface area contributed by atoms with Gasteiger partial charge in [-0.2, -0.15) is 26.3 Å². The second-order valence-electron chi connectivity index (χ2n) is 8.51. The molecule has 204 valence electrons. The Morgan fingerprint density at radius 2 is 1.78 bits per heavy atom. The number of carboxylic acid groups (broad SMARTS) is 1. The van der Waals surface area contributed by atoms with E-state index in [-0.39, 0.29) is 22.9 Å². The van der Waals surface area contributed by atoms with Crippen molar-refractivity contribution in [2.24, 2.45) is 11.8 Å². The third-order valence-corrected chi connectivity index (χ3v) is 6.01. The van der Waals surface area contributed by atoms with Gasteiger partial charge in [-0.05, 0) is 43.7 Å². The summed E-state index contributed by atoms with van der Waals surface area (Å²) in [6.45, 7) is 4.92. The summed E-state index contributed by atoms with van der Waals surface area (Å²) in [5.41, 5.74) is 0. The van der Waals surface area contributed by atoms with Crippen LogP contribution >= 0.6 is 11.3 Å². The molecule has 8 nitrogen and oxygen atoms in total. The van der Waals surface area contributed by atoms with E-state index in [0.717, 1.165) is 37.1 Å². The summed E-state index contributed by atoms with van der Waals surface area (Å²) in [5.74, 6) is -2.90. The highest BCUT2D eigenvalue weighted by atomic mass is 32.1. The Hall–Kier alpha value is -2.55. The van der Waals surface area contributed by atoms with Crippen molar-refractivity contribution >= 4 is 34.1 Å². The van der Waals surface area contributed by atoms with Crippen LogP contribution in [0.4, 0.5) is 31.5 Å². The molecule has 15 heteroatoms. The predicted molar refractivity (Wildman–Crippen MR) is 119 cm³/mol. The molecule has 0 radical (unpaired) electrons. The average molecular weight is 547 g/mol. The van der Waals surface area contributed by atoms with E-state index >= 15 is 0 Å². The molecule has 0 saturated carbocycles. The van der Waals surface area contributed by atoms with Crippen molar-refractivity contribution in [3.8, 4) is 0 Å². The van der Waals surface area contributed by atoms with Gasteiger partial charge < -0.3 is 10.4 Å². The number of amides is 1. The minimum Gasteiger partial charge on any atom is -0.475 e. The number of carbonyl (C=O) groups is 3. The van der Waals surface area contributed by atoms with Crippen molar-refractivity contribution in [1.29, 1.82) is 0 Å². The molecule has 0 aliphatic carbocycles. The van der Waals surface area contributed by atoms with Gasteiger partial charge in [0.25, 0.3) is 5.91 Å². The maximum absolute atomic E-state index is 12.7. The summed E-state index contributed by atoms with van der Waals surface area (Å²) in [6, 6.07) is -0.132. The molecule has 2 N–H and O–H groups in total. The standard InChI is InChI=1S/C19H27F3N4O2S.C2HF3O2/c1-12(2)10-13(11-15(27)14-6-4-5-9-23-14)7-8-16(28)26(3)18-25-24-17(29-18)19(20,21)22;3-2(4,5)1(6)7/h7-8,12-14,23H,4-6,9-11H2,1-3H3;(H,6,7)/b8-7+;/t13-,14+;/m1./s1. The minimum atomic E-state index is -5.08. The highest BCUT2D eigenvalue weighted by Gasteiger charge is 2.38. The van der Waals surface area contributed by atoms with Crippen molar-refractivity contribution in [3.63, 3.8) is 0 Å². The van der Waals surface area contributed by atoms with Crippen molar-refractivity contribution in [1.82, 2.24) is 15.5 Å². The van der Waals surface area contributed by atoms with Crippen LogP contribution in [0.3, 0.4) is 0 Å². The van der Waals surface area contributed by atoms with E-state index < -0.39 is 29.2 Å². The summed E-state index contributed by atoms with van der Waals surface area (Å²) in [6.07, 6.45) is -2.68. The highest BCUT2D eigenvalue weighted by molar-refractivity contribution is 7.15. The van der Waals surface area contributed by atoms with Crippen LogP contribution in [-0.4, -0.2) is 58.8 Å². The van der Waals surface area contributed by atoms with Gasteiger partial charge in [0, 0.05) is 13.5 Å². The van der Waals surface area contributed by atoms with Crippen molar-refractivity contribution in [2.45, 2.75) is 64.3 Å². The van der Waals surface area contributed by atoms with E-state index in [0.29, 0.717) is 23.7 Å². The fourth-order valence-electron chi connectivity index (χ4n) is 3.25. The van der Waals surface area contributed by atoms with Crippen molar-refractivity contribution in [2.75, 3.05) is 18.5 Å². The van der Waals surface area contributed by atoms with Crippen molar-refractivity contribution < 1.29 is 45.8 Å². The van der Waals surface area contributed by atoms with Crippen LogP contribution in [0.25, 0.3) is 0 Å². The fraction of sp³-hybridized carbons (Fsp3) is 0.667. The van der Waals surface area contributed by atoms with Crippen LogP contribution in [0.5, 0.6) is 0 Å². The Kier molecular flexibility index (Phi) is 12.0. The molecule has 0 aromatic carbocycles. The summed E-state index contributed by atoms with van der Waals surface area (Å²) >= 11 is 0.312. The Bertz CT molecular complexity index is 911. The molecule has 2 rings (SSSR count). The maximum Gasteiger partial charge on any atom is 0.490 e. The lowest BCUT2D eigenvalue weighted by atomic mass is 9.88. The lowest BCUT2D eigenvalue weighted by Crippen LogP contribution is -2.41. The van der Waals surface area contributed by atoms with Crippen LogP contribution < -0.4 is 10.2 Å². The molecule has 1 aliphatic heterocycles. The number of nitrogens with zero attached hydrogens (tertiary/aromatic N) is 3. The van der Waals surface area contributed by atoms with Gasteiger partial charge in [-0.1, -0.05) is 37.7 Å². The van der Waals surface area contributed by atoms with Crippen LogP contribution in [0.1, 0.15) is 51.0 Å². The minimum absolute atomic E-state index is 0.108. The fourth-order valence-corrected chi connectivity index (χ4v) is 3.93. The molecule has 2 heterocycles. The number of ketones is 1. The molecule has 1 amide bonds. The number of Topliss-reactive ketones (excluding diaryl/α,β-unsaturated/α-hetero) is 1. The first kappa shape index (κ1) is 31.5. The molecule has 0 unspecified atom stereocenters. The predicted octanol–water partition coefficient (Wildman–Crippen LogP) is 4.47. The second kappa shape index (κ2) is 13.7. The highest BCUT2D eigenvalue weighted by Crippen LogP contribution is 2.34. The number of carboxylic acids is 1. The smallest absolute Gasteiger partial charge is 0.475 e. The summed E-state index contributed by atoms with van der Waals surface area (Å²) in [7, 11) is 1.35. The molecule has 0 spiro atoms. The van der Waals surface area contributed by atoms with Gasteiger partial charge in [0.1, 0.15) is 5.78 Å². The molecule has 1 saturated heterocycles. The molecule has 1 fully saturated rings. The number of hydrogen-bond donors (Lipinski definition) is 2. The van der Waals surface area contributed by atoms with Crippen molar-refractivity contribution in [3.05, 3.63) is 17.2 Å². The number of aromatic nitrogens is 2. The van der Waals surface area contributed by atoms with Gasteiger partial charge >= 0.3 is 18.3 Å². The SMILES string of the molecule is CC(C)C[C@@H](/C=C/C(=O)N(C)c1nnc(C(F)(F)F)s1)CC(=O)[C@@H]1CCCCN1.O=C(O)C(F)(F)F. The molecular weight excluding hydrogens is 518 g/mol. The summed E-state index contributed by atoms with van der Waals surface area (Å²) < 4.78 is 69.7. The Morgan fingerprint density at radius 1 is 1.17 bits per heavy atom. The average Bonchev–Trinajstić information content (AvgIpc) is 3.27. The van der Waals surface area contributed by atoms with Gasteiger partial charge in [-0.3, -0.25) is 14.5 Å². The van der Waals surface area contributed by atoms with Gasteiger partial charge in [-0.15, -0.1) is 10.2 Å². The molecular formula is C21H28F6N4O4S. The van der Waals surface area contributed by atoms with E-state index in [4.69, 9.17) is 9.90 Å². The third-order valence-electron chi connectivity index (χ3n) is 4.96. The number of halogens is 6. The molecule has 36 heavy (non-hydrogen) atoms. The lowest BCUT2D eigenvalue weighted by Gasteiger charge is -2.24. The number of rotatable bonds is 8. The molecule has 1 aromatic rings. The van der Waals surface area contributed by atoms with E-state index in [1.807, 2.05) is 13.8 Å². The zero-order chi connectivity index (χ0) is 27.7. The van der Waals surface area contributed by atoms with Crippen LogP contribution in [0.15, 0.2) is 12.2 Å². The van der Waals surface area contributed by atoms with E-state index in [2.05, 4.69) is 15.5 Å². The number of alkyl halides is 6. The van der Waals surface area contributed by atoms with Crippen LogP contribution in [0.2, 0.25) is 0 Å². The monoisotopic (exact) mass is 546 g/mol. The summed E-state index contributed by atoms with van der Waals surface area (Å²) in [5, 5.41) is 15.7. The topological polar surface area (TPSA) is 112 Å². The normalized spacial score (nSPS) is 17.4. The molecule has 1 aromatic heterocycles. The number of allylic oxidation sites excluding steroid dienone is 1. The van der Waals surface area contributed by atoms with Gasteiger partial charge in [0.15, 0.2) is 0 Å². The molecule has 2 atom stereocenters. The Labute approximate surface area is 207 Å². The Morgan fingerprint density at radius 3 is 2.22 bits per heavy atom. The lowest BCUT2D eigenvalue weighted by molar-refractivity contribution is -0.192. The first-order valence-electron chi connectivity index (χ1n) is 10.9. The Balaban J connectivity index is 0.000000809. The number of likely N-dealkylation sites (N-methyl/N-ethyl adjacent to an activating group) is 1. The molecule has 0 bridgehead atoms. The molecule has 1 aliphatic rings. The third kappa shape index (κ3) is 11.0. The number of nitrogens with one attached hydrogen (secondary N) is 1. The zero-order valence-electron chi connectivity index (χ0n) is 19.8. The van der Waals surface area contributed by atoms with E-state index in [9.17, 15) is 35.9 Å². The van der Waals surface area contributed by atoms with Gasteiger partial charge in [-0.25, -0.2) is 4.79 Å². The van der Waals surface area contributed by atoms with Gasteiger partial charge in [0.05, 0.1) is 6.04 Å². The maximum atomic E-state index is 12.7. The van der Waals surface area contributed by atoms with E-state index in [1.165, 1.54) is 13.1 Å². The number of aliphatic carboxylic acids is 1. The number of piperidine rings is 1. The zero-order valence-corrected chi connectivity index (χ0v) is 20.6.